The van der Waals surface area contributed by atoms with Gasteiger partial charge in [0.05, 0.1) is 0 Å². The molecule has 0 atom stereocenters. The van der Waals surface area contributed by atoms with Crippen molar-refractivity contribution in [3.8, 4) is 0 Å². The van der Waals surface area contributed by atoms with Crippen molar-refractivity contribution in [3.05, 3.63) is 12.2 Å². The molecule has 1 amide bonds. The van der Waals surface area contributed by atoms with E-state index < -0.39 is 0 Å². The fraction of sp³-hybridized carbons (Fsp3) is 0.769. The summed E-state index contributed by atoms with van der Waals surface area (Å²) < 4.78 is 1.86. The molecular formula is C13H23N5O. The lowest BCUT2D eigenvalue weighted by atomic mass is 9.80. The minimum Gasteiger partial charge on any atom is -0.356 e. The highest BCUT2D eigenvalue weighted by molar-refractivity contribution is 5.77. The van der Waals surface area contributed by atoms with Gasteiger partial charge in [-0.2, -0.15) is 0 Å². The summed E-state index contributed by atoms with van der Waals surface area (Å²) in [6.45, 7) is 0.585. The first-order valence-electron chi connectivity index (χ1n) is 6.97. The van der Waals surface area contributed by atoms with Crippen molar-refractivity contribution in [1.82, 2.24) is 20.1 Å². The van der Waals surface area contributed by atoms with E-state index in [1.807, 2.05) is 11.6 Å². The number of aromatic nitrogens is 3. The van der Waals surface area contributed by atoms with Crippen molar-refractivity contribution in [1.29, 1.82) is 0 Å². The second-order valence-electron chi connectivity index (χ2n) is 5.56. The second-order valence-corrected chi connectivity index (χ2v) is 5.56. The van der Waals surface area contributed by atoms with E-state index in [1.165, 1.54) is 6.42 Å². The number of hydrogen-bond donors (Lipinski definition) is 2. The summed E-state index contributed by atoms with van der Waals surface area (Å²) in [7, 11) is 1.90. The van der Waals surface area contributed by atoms with E-state index in [1.54, 1.807) is 6.33 Å². The predicted octanol–water partition coefficient (Wildman–Crippen LogP) is 0.526. The van der Waals surface area contributed by atoms with Crippen LogP contribution in [0.15, 0.2) is 6.33 Å². The highest BCUT2D eigenvalue weighted by Gasteiger charge is 2.29. The van der Waals surface area contributed by atoms with Gasteiger partial charge in [-0.15, -0.1) is 10.2 Å². The molecule has 1 saturated carbocycles. The fourth-order valence-corrected chi connectivity index (χ4v) is 2.66. The number of nitrogens with two attached hydrogens (primary N) is 1. The minimum absolute atomic E-state index is 0.0477. The summed E-state index contributed by atoms with van der Waals surface area (Å²) in [5.74, 6) is 0.923. The maximum absolute atomic E-state index is 11.9. The van der Waals surface area contributed by atoms with Gasteiger partial charge >= 0.3 is 0 Å². The molecule has 19 heavy (non-hydrogen) atoms. The van der Waals surface area contributed by atoms with Gasteiger partial charge in [-0.05, 0) is 12.8 Å². The van der Waals surface area contributed by atoms with Gasteiger partial charge in [0.1, 0.15) is 12.2 Å². The third kappa shape index (κ3) is 4.02. The number of nitrogens with one attached hydrogen (secondary N) is 1. The SMILES string of the molecule is Cn1cnnc1CCNC(=O)CC1(N)CCCCC1. The highest BCUT2D eigenvalue weighted by atomic mass is 16.1. The zero-order valence-corrected chi connectivity index (χ0v) is 11.6. The van der Waals surface area contributed by atoms with Crippen LogP contribution in [0.25, 0.3) is 0 Å². The van der Waals surface area contributed by atoms with Gasteiger partial charge in [0.15, 0.2) is 0 Å². The topological polar surface area (TPSA) is 85.8 Å². The molecule has 0 aromatic carbocycles. The third-order valence-corrected chi connectivity index (χ3v) is 3.84. The molecule has 0 bridgehead atoms. The molecule has 1 fully saturated rings. The average molecular weight is 265 g/mol. The lowest BCUT2D eigenvalue weighted by Crippen LogP contribution is -2.46. The Morgan fingerprint density at radius 3 is 2.84 bits per heavy atom. The number of carbonyl (C=O) groups excluding carboxylic acids is 1. The molecule has 106 valence electrons. The molecule has 1 aliphatic rings. The Balaban J connectivity index is 1.71. The van der Waals surface area contributed by atoms with Crippen molar-refractivity contribution in [2.24, 2.45) is 12.8 Å². The number of rotatable bonds is 5. The number of amides is 1. The van der Waals surface area contributed by atoms with E-state index in [0.29, 0.717) is 19.4 Å². The Morgan fingerprint density at radius 1 is 1.47 bits per heavy atom. The normalized spacial score (nSPS) is 18.2. The Bertz CT molecular complexity index is 422. The van der Waals surface area contributed by atoms with E-state index in [-0.39, 0.29) is 11.4 Å². The molecule has 0 radical (unpaired) electrons. The van der Waals surface area contributed by atoms with E-state index in [0.717, 1.165) is 31.5 Å². The van der Waals surface area contributed by atoms with Gasteiger partial charge < -0.3 is 15.6 Å². The van der Waals surface area contributed by atoms with E-state index in [9.17, 15) is 4.79 Å². The number of aryl methyl sites for hydroxylation is 1. The third-order valence-electron chi connectivity index (χ3n) is 3.84. The second kappa shape index (κ2) is 6.14. The maximum Gasteiger partial charge on any atom is 0.221 e. The summed E-state index contributed by atoms with van der Waals surface area (Å²) in [4.78, 5) is 11.9. The Labute approximate surface area is 113 Å². The summed E-state index contributed by atoms with van der Waals surface area (Å²) in [5.41, 5.74) is 5.98. The van der Waals surface area contributed by atoms with Crippen molar-refractivity contribution in [2.45, 2.75) is 50.5 Å². The molecular weight excluding hydrogens is 242 g/mol. The molecule has 1 aromatic heterocycles. The lowest BCUT2D eigenvalue weighted by Gasteiger charge is -2.32. The Morgan fingerprint density at radius 2 is 2.21 bits per heavy atom. The van der Waals surface area contributed by atoms with Crippen LogP contribution in [0.2, 0.25) is 0 Å². The van der Waals surface area contributed by atoms with Gasteiger partial charge in [-0.25, -0.2) is 0 Å². The average Bonchev–Trinajstić information content (AvgIpc) is 2.75. The van der Waals surface area contributed by atoms with Crippen molar-refractivity contribution in [2.75, 3.05) is 6.54 Å². The van der Waals surface area contributed by atoms with Crippen molar-refractivity contribution in [3.63, 3.8) is 0 Å². The molecule has 2 rings (SSSR count). The maximum atomic E-state index is 11.9. The van der Waals surface area contributed by atoms with E-state index in [2.05, 4.69) is 15.5 Å². The molecule has 0 saturated heterocycles. The smallest absolute Gasteiger partial charge is 0.221 e. The minimum atomic E-state index is -0.285. The Kier molecular flexibility index (Phi) is 4.52. The number of nitrogens with zero attached hydrogens (tertiary/aromatic N) is 3. The molecule has 1 aromatic rings. The van der Waals surface area contributed by atoms with Crippen LogP contribution >= 0.6 is 0 Å². The highest BCUT2D eigenvalue weighted by Crippen LogP contribution is 2.28. The van der Waals surface area contributed by atoms with Gasteiger partial charge in [0.25, 0.3) is 0 Å². The molecule has 0 spiro atoms. The fourth-order valence-electron chi connectivity index (χ4n) is 2.66. The van der Waals surface area contributed by atoms with Crippen molar-refractivity contribution >= 4 is 5.91 Å². The molecule has 6 heteroatoms. The van der Waals surface area contributed by atoms with E-state index >= 15 is 0 Å². The molecule has 1 heterocycles. The van der Waals surface area contributed by atoms with E-state index in [4.69, 9.17) is 5.73 Å². The molecule has 1 aliphatic carbocycles. The van der Waals surface area contributed by atoms with Crippen LogP contribution in [0.5, 0.6) is 0 Å². The monoisotopic (exact) mass is 265 g/mol. The first-order chi connectivity index (χ1) is 9.09. The summed E-state index contributed by atoms with van der Waals surface area (Å²) in [6, 6.07) is 0. The largest absolute Gasteiger partial charge is 0.356 e. The Hall–Kier alpha value is -1.43. The first kappa shape index (κ1) is 14.0. The number of carbonyl (C=O) groups is 1. The standard InChI is InChI=1S/C13H23N5O/c1-18-10-16-17-11(18)5-8-15-12(19)9-13(14)6-3-2-4-7-13/h10H,2-9,14H2,1H3,(H,15,19). The van der Waals surface area contributed by atoms with Crippen LogP contribution in [-0.2, 0) is 18.3 Å². The lowest BCUT2D eigenvalue weighted by molar-refractivity contribution is -0.122. The molecule has 0 aliphatic heterocycles. The van der Waals surface area contributed by atoms with Gasteiger partial charge in [0, 0.05) is 32.0 Å². The van der Waals surface area contributed by atoms with Crippen LogP contribution < -0.4 is 11.1 Å². The zero-order valence-electron chi connectivity index (χ0n) is 11.6. The first-order valence-corrected chi connectivity index (χ1v) is 6.97. The van der Waals surface area contributed by atoms with Crippen molar-refractivity contribution < 1.29 is 4.79 Å². The molecule has 0 unspecified atom stereocenters. The van der Waals surface area contributed by atoms with Crippen LogP contribution in [0.1, 0.15) is 44.3 Å². The summed E-state index contributed by atoms with van der Waals surface area (Å²) in [6.07, 6.45) is 8.24. The van der Waals surface area contributed by atoms with Gasteiger partial charge in [0.2, 0.25) is 5.91 Å². The van der Waals surface area contributed by atoms with Crippen LogP contribution in [-0.4, -0.2) is 32.8 Å². The summed E-state index contributed by atoms with van der Waals surface area (Å²) >= 11 is 0. The quantitative estimate of drug-likeness (QED) is 0.813. The van der Waals surface area contributed by atoms with Gasteiger partial charge in [-0.3, -0.25) is 4.79 Å². The van der Waals surface area contributed by atoms with Gasteiger partial charge in [-0.1, -0.05) is 19.3 Å². The molecule has 6 nitrogen and oxygen atoms in total. The molecule has 3 N–H and O–H groups in total. The van der Waals surface area contributed by atoms with Crippen LogP contribution in [0.4, 0.5) is 0 Å². The summed E-state index contributed by atoms with van der Waals surface area (Å²) in [5, 5.41) is 10.7. The predicted molar refractivity (Wildman–Crippen MR) is 72.3 cm³/mol. The van der Waals surface area contributed by atoms with Crippen LogP contribution in [0, 0.1) is 0 Å². The van der Waals surface area contributed by atoms with Crippen LogP contribution in [0.3, 0.4) is 0 Å². The zero-order chi connectivity index (χ0) is 13.7. The number of hydrogen-bond acceptors (Lipinski definition) is 4.